The zero-order chi connectivity index (χ0) is 10.7. The molecule has 0 fully saturated rings. The first-order valence-electron chi connectivity index (χ1n) is 5.66. The molecule has 0 aliphatic carbocycles. The number of benzene rings is 1. The molecule has 0 N–H and O–H groups in total. The molecule has 15 heavy (non-hydrogen) atoms. The van der Waals surface area contributed by atoms with E-state index in [9.17, 15) is 0 Å². The summed E-state index contributed by atoms with van der Waals surface area (Å²) in [6.07, 6.45) is 5.61. The number of aryl methyl sites for hydroxylation is 2. The standard InChI is InChI=1S/C14H17N/c1-3-4-8-13-11(2)15-10-12-7-5-6-9-14(12)13/h5-7,9-10H,3-4,8H2,1-2H3. The van der Waals surface area contributed by atoms with Crippen molar-refractivity contribution in [2.24, 2.45) is 0 Å². The third kappa shape index (κ3) is 2.01. The summed E-state index contributed by atoms with van der Waals surface area (Å²) in [5.41, 5.74) is 2.61. The highest BCUT2D eigenvalue weighted by Gasteiger charge is 2.04. The van der Waals surface area contributed by atoms with E-state index >= 15 is 0 Å². The molecule has 0 amide bonds. The Morgan fingerprint density at radius 1 is 1.20 bits per heavy atom. The number of nitrogens with zero attached hydrogens (tertiary/aromatic N) is 1. The summed E-state index contributed by atoms with van der Waals surface area (Å²) < 4.78 is 0. The highest BCUT2D eigenvalue weighted by atomic mass is 14.7. The molecule has 0 spiro atoms. The molecule has 2 aromatic rings. The molecule has 0 aliphatic heterocycles. The summed E-state index contributed by atoms with van der Waals surface area (Å²) in [6.45, 7) is 4.34. The van der Waals surface area contributed by atoms with Gasteiger partial charge in [-0.05, 0) is 30.7 Å². The molecular formula is C14H17N. The van der Waals surface area contributed by atoms with Gasteiger partial charge in [0.1, 0.15) is 0 Å². The lowest BCUT2D eigenvalue weighted by Gasteiger charge is -2.08. The molecule has 0 unspecified atom stereocenters. The van der Waals surface area contributed by atoms with Crippen molar-refractivity contribution in [2.75, 3.05) is 0 Å². The molecule has 1 aromatic carbocycles. The Morgan fingerprint density at radius 3 is 2.80 bits per heavy atom. The van der Waals surface area contributed by atoms with E-state index in [2.05, 4.69) is 43.1 Å². The van der Waals surface area contributed by atoms with Crippen LogP contribution in [0.2, 0.25) is 0 Å². The van der Waals surface area contributed by atoms with E-state index in [-0.39, 0.29) is 0 Å². The zero-order valence-electron chi connectivity index (χ0n) is 9.46. The van der Waals surface area contributed by atoms with Crippen LogP contribution in [0.1, 0.15) is 31.0 Å². The lowest BCUT2D eigenvalue weighted by Crippen LogP contribution is -1.94. The van der Waals surface area contributed by atoms with Crippen LogP contribution in [0.25, 0.3) is 10.8 Å². The Morgan fingerprint density at radius 2 is 2.00 bits per heavy atom. The Kier molecular flexibility index (Phi) is 3.00. The van der Waals surface area contributed by atoms with Gasteiger partial charge >= 0.3 is 0 Å². The van der Waals surface area contributed by atoms with Crippen LogP contribution in [0.5, 0.6) is 0 Å². The van der Waals surface area contributed by atoms with Gasteiger partial charge in [0.05, 0.1) is 0 Å². The molecule has 1 aromatic heterocycles. The minimum Gasteiger partial charge on any atom is -0.261 e. The number of unbranched alkanes of at least 4 members (excludes halogenated alkanes) is 1. The van der Waals surface area contributed by atoms with Crippen molar-refractivity contribution in [3.8, 4) is 0 Å². The first-order chi connectivity index (χ1) is 7.33. The molecule has 2 rings (SSSR count). The van der Waals surface area contributed by atoms with Gasteiger partial charge in [-0.2, -0.15) is 0 Å². The third-order valence-corrected chi connectivity index (χ3v) is 2.90. The molecular weight excluding hydrogens is 182 g/mol. The van der Waals surface area contributed by atoms with Crippen molar-refractivity contribution in [1.29, 1.82) is 0 Å². The maximum atomic E-state index is 4.46. The Labute approximate surface area is 91.2 Å². The van der Waals surface area contributed by atoms with Gasteiger partial charge in [0.25, 0.3) is 0 Å². The second kappa shape index (κ2) is 4.43. The van der Waals surface area contributed by atoms with Crippen LogP contribution in [0.3, 0.4) is 0 Å². The fourth-order valence-corrected chi connectivity index (χ4v) is 1.99. The van der Waals surface area contributed by atoms with Gasteiger partial charge in [0.15, 0.2) is 0 Å². The van der Waals surface area contributed by atoms with Crippen LogP contribution < -0.4 is 0 Å². The van der Waals surface area contributed by atoms with Crippen LogP contribution in [-0.4, -0.2) is 4.98 Å². The SMILES string of the molecule is CCCCc1c(C)ncc2ccccc12. The molecule has 1 nitrogen and oxygen atoms in total. The monoisotopic (exact) mass is 199 g/mol. The summed E-state index contributed by atoms with van der Waals surface area (Å²) in [5, 5.41) is 2.63. The van der Waals surface area contributed by atoms with Crippen LogP contribution in [-0.2, 0) is 6.42 Å². The van der Waals surface area contributed by atoms with Crippen molar-refractivity contribution in [3.05, 3.63) is 41.7 Å². The van der Waals surface area contributed by atoms with Gasteiger partial charge < -0.3 is 0 Å². The number of pyridine rings is 1. The van der Waals surface area contributed by atoms with Gasteiger partial charge in [-0.1, -0.05) is 37.6 Å². The van der Waals surface area contributed by atoms with Crippen LogP contribution >= 0.6 is 0 Å². The fourth-order valence-electron chi connectivity index (χ4n) is 1.99. The third-order valence-electron chi connectivity index (χ3n) is 2.90. The van der Waals surface area contributed by atoms with E-state index < -0.39 is 0 Å². The van der Waals surface area contributed by atoms with Gasteiger partial charge in [0.2, 0.25) is 0 Å². The number of hydrogen-bond acceptors (Lipinski definition) is 1. The number of aromatic nitrogens is 1. The van der Waals surface area contributed by atoms with Crippen molar-refractivity contribution >= 4 is 10.8 Å². The topological polar surface area (TPSA) is 12.9 Å². The van der Waals surface area contributed by atoms with E-state index in [1.54, 1.807) is 0 Å². The lowest BCUT2D eigenvalue weighted by molar-refractivity contribution is 0.791. The molecule has 0 aliphatic rings. The van der Waals surface area contributed by atoms with Crippen molar-refractivity contribution in [1.82, 2.24) is 4.98 Å². The number of hydrogen-bond donors (Lipinski definition) is 0. The molecule has 0 radical (unpaired) electrons. The molecule has 0 saturated heterocycles. The van der Waals surface area contributed by atoms with Gasteiger partial charge in [-0.3, -0.25) is 4.98 Å². The van der Waals surface area contributed by atoms with E-state index in [0.717, 1.165) is 6.42 Å². The van der Waals surface area contributed by atoms with Gasteiger partial charge in [-0.25, -0.2) is 0 Å². The predicted molar refractivity (Wildman–Crippen MR) is 65.1 cm³/mol. The molecule has 0 saturated carbocycles. The average Bonchev–Trinajstić information content (AvgIpc) is 2.28. The smallest absolute Gasteiger partial charge is 0.0411 e. The molecule has 78 valence electrons. The van der Waals surface area contributed by atoms with Crippen molar-refractivity contribution < 1.29 is 0 Å². The summed E-state index contributed by atoms with van der Waals surface area (Å²) in [6, 6.07) is 8.52. The van der Waals surface area contributed by atoms with E-state index in [4.69, 9.17) is 0 Å². The average molecular weight is 199 g/mol. The molecule has 1 heteroatoms. The first kappa shape index (κ1) is 10.2. The van der Waals surface area contributed by atoms with E-state index in [1.807, 2.05) is 6.20 Å². The second-order valence-electron chi connectivity index (χ2n) is 4.01. The quantitative estimate of drug-likeness (QED) is 0.731. The Hall–Kier alpha value is -1.37. The first-order valence-corrected chi connectivity index (χ1v) is 5.66. The molecule has 0 bridgehead atoms. The predicted octanol–water partition coefficient (Wildman–Crippen LogP) is 3.89. The molecule has 0 atom stereocenters. The van der Waals surface area contributed by atoms with Crippen LogP contribution in [0, 0.1) is 6.92 Å². The lowest BCUT2D eigenvalue weighted by atomic mass is 10.0. The van der Waals surface area contributed by atoms with Crippen molar-refractivity contribution in [2.45, 2.75) is 33.1 Å². The van der Waals surface area contributed by atoms with E-state index in [0.29, 0.717) is 0 Å². The highest BCUT2D eigenvalue weighted by molar-refractivity contribution is 5.85. The van der Waals surface area contributed by atoms with Crippen molar-refractivity contribution in [3.63, 3.8) is 0 Å². The maximum Gasteiger partial charge on any atom is 0.0411 e. The van der Waals surface area contributed by atoms with Crippen LogP contribution in [0.4, 0.5) is 0 Å². The molecule has 1 heterocycles. The maximum absolute atomic E-state index is 4.46. The fraction of sp³-hybridized carbons (Fsp3) is 0.357. The van der Waals surface area contributed by atoms with Gasteiger partial charge in [0, 0.05) is 17.3 Å². The minimum atomic E-state index is 1.15. The summed E-state index contributed by atoms with van der Waals surface area (Å²) in [5.74, 6) is 0. The highest BCUT2D eigenvalue weighted by Crippen LogP contribution is 2.21. The zero-order valence-corrected chi connectivity index (χ0v) is 9.46. The summed E-state index contributed by atoms with van der Waals surface area (Å²) >= 11 is 0. The Bertz CT molecular complexity index is 460. The Balaban J connectivity index is 2.53. The van der Waals surface area contributed by atoms with Gasteiger partial charge in [-0.15, -0.1) is 0 Å². The summed E-state index contributed by atoms with van der Waals surface area (Å²) in [4.78, 5) is 4.46. The van der Waals surface area contributed by atoms with Crippen LogP contribution in [0.15, 0.2) is 30.5 Å². The summed E-state index contributed by atoms with van der Waals surface area (Å²) in [7, 11) is 0. The second-order valence-corrected chi connectivity index (χ2v) is 4.01. The van der Waals surface area contributed by atoms with E-state index in [1.165, 1.54) is 34.9 Å². The normalized spacial score (nSPS) is 10.8. The minimum absolute atomic E-state index is 1.15. The number of rotatable bonds is 3. The number of fused-ring (bicyclic) bond motifs is 1. The largest absolute Gasteiger partial charge is 0.261 e.